The Morgan fingerprint density at radius 2 is 2.19 bits per heavy atom. The zero-order chi connectivity index (χ0) is 14.8. The lowest BCUT2D eigenvalue weighted by Crippen LogP contribution is -2.11. The van der Waals surface area contributed by atoms with Crippen LogP contribution in [0.3, 0.4) is 0 Å². The fourth-order valence-electron chi connectivity index (χ4n) is 2.58. The molecule has 2 aromatic heterocycles. The van der Waals surface area contributed by atoms with Crippen molar-refractivity contribution >= 4 is 33.8 Å². The summed E-state index contributed by atoms with van der Waals surface area (Å²) in [4.78, 5) is 13.4. The minimum Gasteiger partial charge on any atom is -0.452 e. The first kappa shape index (κ1) is 14.2. The van der Waals surface area contributed by atoms with Gasteiger partial charge >= 0.3 is 0 Å². The van der Waals surface area contributed by atoms with Crippen LogP contribution in [0.5, 0.6) is 0 Å². The number of hydrogen-bond acceptors (Lipinski definition) is 4. The quantitative estimate of drug-likeness (QED) is 0.835. The van der Waals surface area contributed by atoms with Crippen molar-refractivity contribution in [2.75, 3.05) is 5.32 Å². The lowest BCUT2D eigenvalue weighted by molar-refractivity contribution is 0.102. The zero-order valence-electron chi connectivity index (χ0n) is 11.2. The molecule has 3 rings (SSSR count). The first-order valence-corrected chi connectivity index (χ1v) is 7.99. The largest absolute Gasteiger partial charge is 0.452 e. The summed E-state index contributed by atoms with van der Waals surface area (Å²) in [5.41, 5.74) is 1.99. The summed E-state index contributed by atoms with van der Waals surface area (Å²) in [6.45, 7) is 0. The molecular formula is C15H13ClN2O2S. The summed E-state index contributed by atoms with van der Waals surface area (Å²) in [6, 6.07) is 3.75. The fraction of sp³-hybridized carbons (Fsp3) is 0.333. The number of carbonyl (C=O) groups excluding carboxylic acids is 1. The number of thiophene rings is 1. The second kappa shape index (κ2) is 5.92. The molecule has 4 nitrogen and oxygen atoms in total. The van der Waals surface area contributed by atoms with Gasteiger partial charge in [0.25, 0.3) is 5.91 Å². The first-order chi connectivity index (χ1) is 10.2. The zero-order valence-corrected chi connectivity index (χ0v) is 12.8. The van der Waals surface area contributed by atoms with Crippen LogP contribution in [0, 0.1) is 11.3 Å². The SMILES string of the molecule is N#Cc1c(NC(=O)c2ccoc2Cl)sc2c1CCCCC2. The van der Waals surface area contributed by atoms with Crippen molar-refractivity contribution in [1.29, 1.82) is 5.26 Å². The van der Waals surface area contributed by atoms with Crippen LogP contribution in [0.25, 0.3) is 0 Å². The van der Waals surface area contributed by atoms with Gasteiger partial charge in [-0.2, -0.15) is 5.26 Å². The van der Waals surface area contributed by atoms with Gasteiger partial charge in [-0.05, 0) is 48.9 Å². The first-order valence-electron chi connectivity index (χ1n) is 6.79. The van der Waals surface area contributed by atoms with E-state index < -0.39 is 0 Å². The molecule has 1 N–H and O–H groups in total. The van der Waals surface area contributed by atoms with Crippen LogP contribution in [-0.2, 0) is 12.8 Å². The van der Waals surface area contributed by atoms with Gasteiger partial charge in [-0.15, -0.1) is 11.3 Å². The number of anilines is 1. The molecule has 0 spiro atoms. The minimum atomic E-state index is -0.346. The van der Waals surface area contributed by atoms with Crippen LogP contribution < -0.4 is 5.32 Å². The second-order valence-corrected chi connectivity index (χ2v) is 6.39. The molecule has 0 fully saturated rings. The number of nitrogens with zero attached hydrogens (tertiary/aromatic N) is 1. The van der Waals surface area contributed by atoms with Gasteiger partial charge in [0.05, 0.1) is 17.4 Å². The molecule has 108 valence electrons. The molecule has 2 aromatic rings. The van der Waals surface area contributed by atoms with Crippen molar-refractivity contribution in [2.45, 2.75) is 32.1 Å². The molecule has 0 saturated heterocycles. The van der Waals surface area contributed by atoms with Crippen molar-refractivity contribution in [3.05, 3.63) is 39.1 Å². The number of aryl methyl sites for hydroxylation is 1. The third-order valence-electron chi connectivity index (χ3n) is 3.62. The Bertz CT molecular complexity index is 727. The predicted octanol–water partition coefficient (Wildman–Crippen LogP) is 4.39. The number of furan rings is 1. The van der Waals surface area contributed by atoms with Gasteiger partial charge in [-0.25, -0.2) is 0 Å². The molecule has 0 aliphatic heterocycles. The third-order valence-corrected chi connectivity index (χ3v) is 5.12. The van der Waals surface area contributed by atoms with Crippen molar-refractivity contribution < 1.29 is 9.21 Å². The number of amides is 1. The Morgan fingerprint density at radius 1 is 1.38 bits per heavy atom. The summed E-state index contributed by atoms with van der Waals surface area (Å²) in [5, 5.41) is 12.9. The van der Waals surface area contributed by atoms with E-state index in [2.05, 4.69) is 11.4 Å². The third kappa shape index (κ3) is 2.69. The molecule has 0 saturated carbocycles. The predicted molar refractivity (Wildman–Crippen MR) is 82.0 cm³/mol. The number of rotatable bonds is 2. The molecule has 0 atom stereocenters. The highest BCUT2D eigenvalue weighted by Crippen LogP contribution is 2.37. The van der Waals surface area contributed by atoms with E-state index in [9.17, 15) is 10.1 Å². The van der Waals surface area contributed by atoms with Crippen LogP contribution in [0.15, 0.2) is 16.7 Å². The molecular weight excluding hydrogens is 308 g/mol. The molecule has 6 heteroatoms. The molecule has 0 aromatic carbocycles. The van der Waals surface area contributed by atoms with E-state index in [1.54, 1.807) is 0 Å². The molecule has 0 unspecified atom stereocenters. The van der Waals surface area contributed by atoms with E-state index >= 15 is 0 Å². The lowest BCUT2D eigenvalue weighted by Gasteiger charge is -2.02. The summed E-state index contributed by atoms with van der Waals surface area (Å²) in [6.07, 6.45) is 6.69. The summed E-state index contributed by atoms with van der Waals surface area (Å²) < 4.78 is 4.92. The Morgan fingerprint density at radius 3 is 2.90 bits per heavy atom. The van der Waals surface area contributed by atoms with Crippen molar-refractivity contribution in [2.24, 2.45) is 0 Å². The van der Waals surface area contributed by atoms with Gasteiger partial charge in [0.15, 0.2) is 0 Å². The smallest absolute Gasteiger partial charge is 0.261 e. The van der Waals surface area contributed by atoms with E-state index in [-0.39, 0.29) is 16.7 Å². The highest BCUT2D eigenvalue weighted by molar-refractivity contribution is 7.16. The lowest BCUT2D eigenvalue weighted by atomic mass is 10.1. The normalized spacial score (nSPS) is 14.1. The van der Waals surface area contributed by atoms with Gasteiger partial charge in [0.2, 0.25) is 5.22 Å². The minimum absolute atomic E-state index is 0.0594. The van der Waals surface area contributed by atoms with Crippen LogP contribution >= 0.6 is 22.9 Å². The molecule has 1 aliphatic carbocycles. The summed E-state index contributed by atoms with van der Waals surface area (Å²) >= 11 is 7.31. The Labute approximate surface area is 131 Å². The van der Waals surface area contributed by atoms with E-state index in [0.29, 0.717) is 10.6 Å². The fourth-order valence-corrected chi connectivity index (χ4v) is 4.01. The van der Waals surface area contributed by atoms with Gasteiger partial charge in [-0.1, -0.05) is 6.42 Å². The van der Waals surface area contributed by atoms with Crippen LogP contribution in [0.1, 0.15) is 45.6 Å². The summed E-state index contributed by atoms with van der Waals surface area (Å²) in [7, 11) is 0. The number of nitrogens with one attached hydrogen (secondary N) is 1. The van der Waals surface area contributed by atoms with E-state index in [0.717, 1.165) is 31.2 Å². The molecule has 0 bridgehead atoms. The second-order valence-electron chi connectivity index (χ2n) is 4.94. The van der Waals surface area contributed by atoms with E-state index in [1.807, 2.05) is 0 Å². The van der Waals surface area contributed by atoms with Gasteiger partial charge in [0, 0.05) is 4.88 Å². The molecule has 2 heterocycles. The topological polar surface area (TPSA) is 66.0 Å². The van der Waals surface area contributed by atoms with Crippen molar-refractivity contribution in [3.8, 4) is 6.07 Å². The molecule has 1 amide bonds. The Kier molecular flexibility index (Phi) is 4.00. The Balaban J connectivity index is 1.91. The monoisotopic (exact) mass is 320 g/mol. The molecule has 21 heavy (non-hydrogen) atoms. The van der Waals surface area contributed by atoms with E-state index in [4.69, 9.17) is 16.0 Å². The maximum atomic E-state index is 12.2. The number of carbonyl (C=O) groups is 1. The molecule has 0 radical (unpaired) electrons. The maximum absolute atomic E-state index is 12.2. The summed E-state index contributed by atoms with van der Waals surface area (Å²) in [5.74, 6) is -0.346. The standard InChI is InChI=1S/C15H13ClN2O2S/c16-13-10(6-7-20-13)14(19)18-15-11(8-17)9-4-2-1-3-5-12(9)21-15/h6-7H,1-5H2,(H,18,19). The number of halogens is 1. The number of hydrogen-bond donors (Lipinski definition) is 1. The van der Waals surface area contributed by atoms with Crippen LogP contribution in [0.4, 0.5) is 5.00 Å². The van der Waals surface area contributed by atoms with Gasteiger partial charge in [0.1, 0.15) is 11.1 Å². The maximum Gasteiger partial charge on any atom is 0.261 e. The molecule has 1 aliphatic rings. The number of fused-ring (bicyclic) bond motifs is 1. The van der Waals surface area contributed by atoms with E-state index in [1.165, 1.54) is 35.0 Å². The highest BCUT2D eigenvalue weighted by Gasteiger charge is 2.22. The van der Waals surface area contributed by atoms with Crippen molar-refractivity contribution in [3.63, 3.8) is 0 Å². The number of nitriles is 1. The average Bonchev–Trinajstić information content (AvgIpc) is 2.95. The van der Waals surface area contributed by atoms with Crippen LogP contribution in [0.2, 0.25) is 5.22 Å². The van der Waals surface area contributed by atoms with Gasteiger partial charge < -0.3 is 9.73 Å². The highest BCUT2D eigenvalue weighted by atomic mass is 35.5. The van der Waals surface area contributed by atoms with Gasteiger partial charge in [-0.3, -0.25) is 4.79 Å². The Hall–Kier alpha value is -1.77. The van der Waals surface area contributed by atoms with Crippen molar-refractivity contribution in [1.82, 2.24) is 0 Å². The van der Waals surface area contributed by atoms with Crippen LogP contribution in [-0.4, -0.2) is 5.91 Å². The average molecular weight is 321 g/mol.